The van der Waals surface area contributed by atoms with Gasteiger partial charge >= 0.3 is 0 Å². The minimum atomic E-state index is -3.42. The SMILES string of the molecule is CCN(CC)S(=O)(=O)N1CCN(C(=O)CCCOc2ccccc2Br)CC1. The molecule has 0 atom stereocenters. The number of halogens is 1. The van der Waals surface area contributed by atoms with E-state index in [9.17, 15) is 13.2 Å². The monoisotopic (exact) mass is 461 g/mol. The number of benzene rings is 1. The van der Waals surface area contributed by atoms with Crippen LogP contribution in [-0.2, 0) is 15.0 Å². The van der Waals surface area contributed by atoms with E-state index in [2.05, 4.69) is 15.9 Å². The molecule has 27 heavy (non-hydrogen) atoms. The Bertz CT molecular complexity index is 717. The van der Waals surface area contributed by atoms with Gasteiger partial charge in [-0.2, -0.15) is 17.0 Å². The zero-order valence-electron chi connectivity index (χ0n) is 15.9. The van der Waals surface area contributed by atoms with Crippen LogP contribution in [0.5, 0.6) is 5.75 Å². The maximum atomic E-state index is 12.5. The van der Waals surface area contributed by atoms with E-state index >= 15 is 0 Å². The first-order chi connectivity index (χ1) is 12.9. The molecule has 2 rings (SSSR count). The molecule has 0 unspecified atom stereocenters. The van der Waals surface area contributed by atoms with Crippen LogP contribution in [0, 0.1) is 0 Å². The highest BCUT2D eigenvalue weighted by atomic mass is 79.9. The van der Waals surface area contributed by atoms with Crippen LogP contribution in [0.1, 0.15) is 26.7 Å². The third kappa shape index (κ3) is 5.91. The van der Waals surface area contributed by atoms with Gasteiger partial charge in [-0.3, -0.25) is 4.79 Å². The van der Waals surface area contributed by atoms with Crippen molar-refractivity contribution in [2.24, 2.45) is 0 Å². The Labute approximate surface area is 170 Å². The third-order valence-electron chi connectivity index (χ3n) is 4.58. The number of hydrogen-bond acceptors (Lipinski definition) is 4. The van der Waals surface area contributed by atoms with Gasteiger partial charge in [0.05, 0.1) is 11.1 Å². The lowest BCUT2D eigenvalue weighted by Gasteiger charge is -2.36. The van der Waals surface area contributed by atoms with Gasteiger partial charge in [-0.05, 0) is 34.5 Å². The second-order valence-electron chi connectivity index (χ2n) is 6.25. The summed E-state index contributed by atoms with van der Waals surface area (Å²) in [4.78, 5) is 14.1. The lowest BCUT2D eigenvalue weighted by molar-refractivity contribution is -0.132. The number of hydrogen-bond donors (Lipinski definition) is 0. The van der Waals surface area contributed by atoms with Crippen molar-refractivity contribution >= 4 is 32.0 Å². The Hall–Kier alpha value is -1.16. The molecule has 0 aliphatic carbocycles. The van der Waals surface area contributed by atoms with Crippen LogP contribution in [0.2, 0.25) is 0 Å². The van der Waals surface area contributed by atoms with Gasteiger partial charge in [0.15, 0.2) is 0 Å². The van der Waals surface area contributed by atoms with Crippen molar-refractivity contribution in [3.8, 4) is 5.75 Å². The minimum absolute atomic E-state index is 0.0469. The molecule has 0 saturated carbocycles. The third-order valence-corrected chi connectivity index (χ3v) is 7.42. The minimum Gasteiger partial charge on any atom is -0.492 e. The predicted octanol–water partition coefficient (Wildman–Crippen LogP) is 2.34. The summed E-state index contributed by atoms with van der Waals surface area (Å²) < 4.78 is 34.5. The van der Waals surface area contributed by atoms with E-state index in [0.29, 0.717) is 58.7 Å². The maximum Gasteiger partial charge on any atom is 0.282 e. The highest BCUT2D eigenvalue weighted by molar-refractivity contribution is 9.10. The molecule has 0 spiro atoms. The molecule has 1 aromatic rings. The number of carbonyl (C=O) groups excluding carboxylic acids is 1. The molecule has 0 aromatic heterocycles. The molecule has 0 bridgehead atoms. The first kappa shape index (κ1) is 22.1. The van der Waals surface area contributed by atoms with Gasteiger partial charge in [0.25, 0.3) is 10.2 Å². The van der Waals surface area contributed by atoms with Gasteiger partial charge in [-0.25, -0.2) is 0 Å². The fraction of sp³-hybridized carbons (Fsp3) is 0.611. The lowest BCUT2D eigenvalue weighted by Crippen LogP contribution is -2.54. The van der Waals surface area contributed by atoms with Gasteiger partial charge in [0.2, 0.25) is 5.91 Å². The van der Waals surface area contributed by atoms with Crippen molar-refractivity contribution in [1.29, 1.82) is 0 Å². The van der Waals surface area contributed by atoms with E-state index in [1.54, 1.807) is 4.90 Å². The van der Waals surface area contributed by atoms with Crippen LogP contribution in [-0.4, -0.2) is 73.7 Å². The Balaban J connectivity index is 1.74. The Morgan fingerprint density at radius 1 is 1.15 bits per heavy atom. The fourth-order valence-corrected chi connectivity index (χ4v) is 5.01. The average molecular weight is 462 g/mol. The fourth-order valence-electron chi connectivity index (χ4n) is 3.01. The van der Waals surface area contributed by atoms with Crippen molar-refractivity contribution in [2.75, 3.05) is 45.9 Å². The zero-order chi connectivity index (χ0) is 19.9. The van der Waals surface area contributed by atoms with Crippen LogP contribution in [0.4, 0.5) is 0 Å². The van der Waals surface area contributed by atoms with Gasteiger partial charge in [0, 0.05) is 45.7 Å². The number of piperazine rings is 1. The molecule has 0 radical (unpaired) electrons. The summed E-state index contributed by atoms with van der Waals surface area (Å²) in [7, 11) is -3.42. The second kappa shape index (κ2) is 10.4. The van der Waals surface area contributed by atoms with E-state index in [-0.39, 0.29) is 5.91 Å². The van der Waals surface area contributed by atoms with Crippen LogP contribution < -0.4 is 4.74 Å². The molecular formula is C18H28BrN3O4S. The Kier molecular flexibility index (Phi) is 8.53. The first-order valence-electron chi connectivity index (χ1n) is 9.30. The number of amides is 1. The molecule has 1 aliphatic heterocycles. The van der Waals surface area contributed by atoms with E-state index in [1.807, 2.05) is 38.1 Å². The van der Waals surface area contributed by atoms with Crippen molar-refractivity contribution in [3.05, 3.63) is 28.7 Å². The zero-order valence-corrected chi connectivity index (χ0v) is 18.3. The largest absolute Gasteiger partial charge is 0.492 e. The van der Waals surface area contributed by atoms with Gasteiger partial charge in [-0.1, -0.05) is 26.0 Å². The molecule has 1 heterocycles. The predicted molar refractivity (Wildman–Crippen MR) is 109 cm³/mol. The van der Waals surface area contributed by atoms with E-state index in [0.717, 1.165) is 10.2 Å². The summed E-state index contributed by atoms with van der Waals surface area (Å²) in [6, 6.07) is 7.60. The standard InChI is InChI=1S/C18H28BrN3O4S/c1-3-21(4-2)27(24,25)22-13-11-20(12-14-22)18(23)10-7-15-26-17-9-6-5-8-16(17)19/h5-6,8-9H,3-4,7,10-15H2,1-2H3. The lowest BCUT2D eigenvalue weighted by atomic mass is 10.2. The quantitative estimate of drug-likeness (QED) is 0.529. The second-order valence-corrected chi connectivity index (χ2v) is 9.04. The first-order valence-corrected chi connectivity index (χ1v) is 11.5. The van der Waals surface area contributed by atoms with Crippen LogP contribution >= 0.6 is 15.9 Å². The number of nitrogens with zero attached hydrogens (tertiary/aromatic N) is 3. The molecule has 9 heteroatoms. The smallest absolute Gasteiger partial charge is 0.282 e. The summed E-state index contributed by atoms with van der Waals surface area (Å²) in [5.74, 6) is 0.811. The van der Waals surface area contributed by atoms with Crippen LogP contribution in [0.15, 0.2) is 28.7 Å². The highest BCUT2D eigenvalue weighted by Crippen LogP contribution is 2.24. The van der Waals surface area contributed by atoms with Crippen LogP contribution in [0.3, 0.4) is 0 Å². The van der Waals surface area contributed by atoms with Crippen molar-refractivity contribution < 1.29 is 17.9 Å². The van der Waals surface area contributed by atoms with Crippen molar-refractivity contribution in [3.63, 3.8) is 0 Å². The Morgan fingerprint density at radius 3 is 2.37 bits per heavy atom. The van der Waals surface area contributed by atoms with E-state index in [1.165, 1.54) is 8.61 Å². The van der Waals surface area contributed by atoms with Gasteiger partial charge in [-0.15, -0.1) is 0 Å². The van der Waals surface area contributed by atoms with Crippen LogP contribution in [0.25, 0.3) is 0 Å². The van der Waals surface area contributed by atoms with Crippen molar-refractivity contribution in [2.45, 2.75) is 26.7 Å². The van der Waals surface area contributed by atoms with Gasteiger partial charge in [0.1, 0.15) is 5.75 Å². The number of carbonyl (C=O) groups is 1. The maximum absolute atomic E-state index is 12.5. The van der Waals surface area contributed by atoms with Gasteiger partial charge < -0.3 is 9.64 Å². The topological polar surface area (TPSA) is 70.2 Å². The summed E-state index contributed by atoms with van der Waals surface area (Å²) in [5, 5.41) is 0. The molecular weight excluding hydrogens is 434 g/mol. The number of para-hydroxylation sites is 1. The molecule has 7 nitrogen and oxygen atoms in total. The molecule has 1 saturated heterocycles. The highest BCUT2D eigenvalue weighted by Gasteiger charge is 2.31. The summed E-state index contributed by atoms with van der Waals surface area (Å²) >= 11 is 3.42. The van der Waals surface area contributed by atoms with E-state index < -0.39 is 10.2 Å². The average Bonchev–Trinajstić information content (AvgIpc) is 2.67. The van der Waals surface area contributed by atoms with E-state index in [4.69, 9.17) is 4.74 Å². The molecule has 1 aliphatic rings. The summed E-state index contributed by atoms with van der Waals surface area (Å²) in [6.07, 6.45) is 1.02. The Morgan fingerprint density at radius 2 is 1.78 bits per heavy atom. The normalized spacial score (nSPS) is 15.9. The number of ether oxygens (including phenoxy) is 1. The number of rotatable bonds is 9. The molecule has 1 fully saturated rings. The molecule has 1 aromatic carbocycles. The molecule has 1 amide bonds. The summed E-state index contributed by atoms with van der Waals surface area (Å²) in [6.45, 7) is 6.59. The van der Waals surface area contributed by atoms with Crippen molar-refractivity contribution in [1.82, 2.24) is 13.5 Å². The molecule has 152 valence electrons. The summed E-state index contributed by atoms with van der Waals surface area (Å²) in [5.41, 5.74) is 0. The molecule has 0 N–H and O–H groups in total.